The first-order chi connectivity index (χ1) is 7.69. The van der Waals surface area contributed by atoms with E-state index in [0.29, 0.717) is 11.6 Å². The minimum Gasteiger partial charge on any atom is -0.391 e. The Balaban J connectivity index is 2.86. The first-order valence-electron chi connectivity index (χ1n) is 5.72. The Hall–Kier alpha value is -1.57. The molecule has 0 heterocycles. The lowest BCUT2D eigenvalue weighted by Crippen LogP contribution is -2.15. The molecule has 2 heteroatoms. The lowest BCUT2D eigenvalue weighted by atomic mass is 10.0. The number of hydrogen-bond acceptors (Lipinski definition) is 2. The fourth-order valence-electron chi connectivity index (χ4n) is 1.54. The van der Waals surface area contributed by atoms with Gasteiger partial charge in [0.15, 0.2) is 0 Å². The maximum Gasteiger partial charge on any atom is 0.0629 e. The zero-order chi connectivity index (χ0) is 12.0. The lowest BCUT2D eigenvalue weighted by Gasteiger charge is -2.14. The predicted molar refractivity (Wildman–Crippen MR) is 69.9 cm³/mol. The maximum atomic E-state index is 8.02. The third-order valence-electron chi connectivity index (χ3n) is 2.82. The molecule has 2 nitrogen and oxygen atoms in total. The molecule has 0 fully saturated rings. The summed E-state index contributed by atoms with van der Waals surface area (Å²) in [6, 6.07) is 9.81. The summed E-state index contributed by atoms with van der Waals surface area (Å²) >= 11 is 0. The van der Waals surface area contributed by atoms with Gasteiger partial charge < -0.3 is 10.7 Å². The lowest BCUT2D eigenvalue weighted by molar-refractivity contribution is 0.613. The minimum absolute atomic E-state index is 0.467. The fraction of sp³-hybridized carbons (Fsp3) is 0.357. The molecule has 1 aromatic rings. The molecule has 0 bridgehead atoms. The van der Waals surface area contributed by atoms with Crippen LogP contribution in [0.15, 0.2) is 42.1 Å². The monoisotopic (exact) mass is 216 g/mol. The molecule has 1 unspecified atom stereocenters. The number of hydrogen-bond donors (Lipinski definition) is 2. The van der Waals surface area contributed by atoms with Crippen LogP contribution in [0.25, 0.3) is 0 Å². The van der Waals surface area contributed by atoms with E-state index in [4.69, 9.17) is 5.41 Å². The topological polar surface area (TPSA) is 35.9 Å². The molecule has 0 aliphatic rings. The van der Waals surface area contributed by atoms with Gasteiger partial charge in [-0.25, -0.2) is 0 Å². The van der Waals surface area contributed by atoms with Crippen LogP contribution in [0.3, 0.4) is 0 Å². The SMILES string of the molecule is CCC(C)/C(=C/C(=N)c1ccccc1)NC. The van der Waals surface area contributed by atoms with Crippen molar-refractivity contribution in [1.82, 2.24) is 5.32 Å². The van der Waals surface area contributed by atoms with Crippen LogP contribution in [-0.2, 0) is 0 Å². The van der Waals surface area contributed by atoms with Crippen LogP contribution in [0.4, 0.5) is 0 Å². The molecule has 1 aromatic carbocycles. The zero-order valence-electron chi connectivity index (χ0n) is 10.2. The van der Waals surface area contributed by atoms with Crippen molar-refractivity contribution in [2.45, 2.75) is 20.3 Å². The van der Waals surface area contributed by atoms with Gasteiger partial charge in [0.1, 0.15) is 0 Å². The standard InChI is InChI=1S/C14H20N2/c1-4-11(2)14(16-3)10-13(15)12-8-6-5-7-9-12/h5-11,15-16H,4H2,1-3H3/b14-10-,15-13?. The number of benzene rings is 1. The Morgan fingerprint density at radius 1 is 1.38 bits per heavy atom. The Kier molecular flexibility index (Phi) is 4.77. The molecular formula is C14H20N2. The van der Waals surface area contributed by atoms with Gasteiger partial charge >= 0.3 is 0 Å². The minimum atomic E-state index is 0.467. The van der Waals surface area contributed by atoms with Crippen LogP contribution < -0.4 is 5.32 Å². The summed E-state index contributed by atoms with van der Waals surface area (Å²) in [4.78, 5) is 0. The molecule has 16 heavy (non-hydrogen) atoms. The largest absolute Gasteiger partial charge is 0.391 e. The van der Waals surface area contributed by atoms with E-state index in [0.717, 1.165) is 17.7 Å². The van der Waals surface area contributed by atoms with Gasteiger partial charge in [0.2, 0.25) is 0 Å². The van der Waals surface area contributed by atoms with Gasteiger partial charge in [-0.1, -0.05) is 44.2 Å². The maximum absolute atomic E-state index is 8.02. The molecule has 0 saturated carbocycles. The third kappa shape index (κ3) is 3.23. The highest BCUT2D eigenvalue weighted by Crippen LogP contribution is 2.12. The number of allylic oxidation sites excluding steroid dienone is 2. The summed E-state index contributed by atoms with van der Waals surface area (Å²) in [7, 11) is 1.91. The normalized spacial score (nSPS) is 13.3. The molecule has 0 amide bonds. The second-order valence-corrected chi connectivity index (χ2v) is 3.94. The molecule has 0 spiro atoms. The van der Waals surface area contributed by atoms with Crippen molar-refractivity contribution in [2.75, 3.05) is 7.05 Å². The molecular weight excluding hydrogens is 196 g/mol. The van der Waals surface area contributed by atoms with E-state index in [-0.39, 0.29) is 0 Å². The summed E-state index contributed by atoms with van der Waals surface area (Å²) in [5.41, 5.74) is 2.64. The average Bonchev–Trinajstić information content (AvgIpc) is 2.35. The highest BCUT2D eigenvalue weighted by molar-refractivity contribution is 6.06. The number of rotatable bonds is 5. The van der Waals surface area contributed by atoms with Gasteiger partial charge in [0.25, 0.3) is 0 Å². The molecule has 2 N–H and O–H groups in total. The van der Waals surface area contributed by atoms with E-state index in [1.54, 1.807) is 0 Å². The van der Waals surface area contributed by atoms with E-state index in [2.05, 4.69) is 19.2 Å². The van der Waals surface area contributed by atoms with Crippen molar-refractivity contribution in [3.8, 4) is 0 Å². The van der Waals surface area contributed by atoms with Crippen LogP contribution in [0, 0.1) is 11.3 Å². The summed E-state index contributed by atoms with van der Waals surface area (Å²) in [6.45, 7) is 4.32. The van der Waals surface area contributed by atoms with Gasteiger partial charge in [-0.2, -0.15) is 0 Å². The second kappa shape index (κ2) is 6.11. The first kappa shape index (κ1) is 12.5. The summed E-state index contributed by atoms with van der Waals surface area (Å²) in [5, 5.41) is 11.2. The van der Waals surface area contributed by atoms with Crippen molar-refractivity contribution in [2.24, 2.45) is 5.92 Å². The van der Waals surface area contributed by atoms with E-state index < -0.39 is 0 Å². The molecule has 1 rings (SSSR count). The Morgan fingerprint density at radius 2 is 2.00 bits per heavy atom. The first-order valence-corrected chi connectivity index (χ1v) is 5.72. The zero-order valence-corrected chi connectivity index (χ0v) is 10.2. The van der Waals surface area contributed by atoms with E-state index in [1.807, 2.05) is 43.5 Å². The van der Waals surface area contributed by atoms with Gasteiger partial charge in [0.05, 0.1) is 5.71 Å². The van der Waals surface area contributed by atoms with E-state index in [1.165, 1.54) is 0 Å². The van der Waals surface area contributed by atoms with Crippen LogP contribution in [0.2, 0.25) is 0 Å². The smallest absolute Gasteiger partial charge is 0.0629 e. The molecule has 0 aromatic heterocycles. The van der Waals surface area contributed by atoms with Crippen molar-refractivity contribution < 1.29 is 0 Å². The van der Waals surface area contributed by atoms with E-state index in [9.17, 15) is 0 Å². The summed E-state index contributed by atoms with van der Waals surface area (Å²) in [5.74, 6) is 0.467. The van der Waals surface area contributed by atoms with Gasteiger partial charge in [-0.3, -0.25) is 0 Å². The Morgan fingerprint density at radius 3 is 2.50 bits per heavy atom. The van der Waals surface area contributed by atoms with Crippen molar-refractivity contribution >= 4 is 5.71 Å². The summed E-state index contributed by atoms with van der Waals surface area (Å²) < 4.78 is 0. The van der Waals surface area contributed by atoms with Crippen LogP contribution in [0.1, 0.15) is 25.8 Å². The van der Waals surface area contributed by atoms with Crippen LogP contribution in [0.5, 0.6) is 0 Å². The van der Waals surface area contributed by atoms with Crippen molar-refractivity contribution in [3.63, 3.8) is 0 Å². The van der Waals surface area contributed by atoms with Gasteiger partial charge in [-0.05, 0) is 24.0 Å². The van der Waals surface area contributed by atoms with Crippen molar-refractivity contribution in [1.29, 1.82) is 5.41 Å². The summed E-state index contributed by atoms with van der Waals surface area (Å²) in [6.07, 6.45) is 3.00. The molecule has 1 atom stereocenters. The van der Waals surface area contributed by atoms with Crippen LogP contribution in [-0.4, -0.2) is 12.8 Å². The molecule has 0 radical (unpaired) electrons. The predicted octanol–water partition coefficient (Wildman–Crippen LogP) is 3.20. The fourth-order valence-corrected chi connectivity index (χ4v) is 1.54. The average molecular weight is 216 g/mol. The van der Waals surface area contributed by atoms with Gasteiger partial charge in [0, 0.05) is 12.7 Å². The number of nitrogens with one attached hydrogen (secondary N) is 2. The van der Waals surface area contributed by atoms with Crippen molar-refractivity contribution in [3.05, 3.63) is 47.7 Å². The van der Waals surface area contributed by atoms with Crippen LogP contribution >= 0.6 is 0 Å². The second-order valence-electron chi connectivity index (χ2n) is 3.94. The van der Waals surface area contributed by atoms with E-state index >= 15 is 0 Å². The molecule has 86 valence electrons. The molecule has 0 aliphatic carbocycles. The quantitative estimate of drug-likeness (QED) is 0.728. The highest BCUT2D eigenvalue weighted by atomic mass is 14.8. The van der Waals surface area contributed by atoms with Gasteiger partial charge in [-0.15, -0.1) is 0 Å². The molecule has 0 aliphatic heterocycles. The third-order valence-corrected chi connectivity index (χ3v) is 2.82. The molecule has 0 saturated heterocycles. The highest BCUT2D eigenvalue weighted by Gasteiger charge is 2.06. The Bertz CT molecular complexity index is 366. The Labute approximate surface area is 97.9 Å².